The van der Waals surface area contributed by atoms with Gasteiger partial charge < -0.3 is 10.2 Å². The van der Waals surface area contributed by atoms with E-state index in [4.69, 9.17) is 0 Å². The molecule has 0 radical (unpaired) electrons. The number of hydrogen-bond donors (Lipinski definition) is 1. The average Bonchev–Trinajstić information content (AvgIpc) is 3.01. The minimum absolute atomic E-state index is 0.569. The van der Waals surface area contributed by atoms with Crippen LogP contribution in [0.4, 0.5) is 5.82 Å². The monoisotopic (exact) mass is 269 g/mol. The zero-order valence-corrected chi connectivity index (χ0v) is 11.7. The zero-order valence-electron chi connectivity index (χ0n) is 11.7. The largest absolute Gasteiger partial charge is 0.357 e. The van der Waals surface area contributed by atoms with Gasteiger partial charge in [0.1, 0.15) is 0 Å². The lowest BCUT2D eigenvalue weighted by molar-refractivity contribution is 0.596. The second-order valence-electron chi connectivity index (χ2n) is 5.19. The lowest BCUT2D eigenvalue weighted by Gasteiger charge is -2.21. The van der Waals surface area contributed by atoms with E-state index in [0.29, 0.717) is 6.04 Å². The quantitative estimate of drug-likeness (QED) is 0.916. The van der Waals surface area contributed by atoms with Crippen LogP contribution >= 0.6 is 0 Å². The van der Waals surface area contributed by atoms with Gasteiger partial charge in [0.25, 0.3) is 0 Å². The predicted molar refractivity (Wildman–Crippen MR) is 79.6 cm³/mol. The first-order valence-electron chi connectivity index (χ1n) is 7.01. The third-order valence-electron chi connectivity index (χ3n) is 3.66. The van der Waals surface area contributed by atoms with Crippen molar-refractivity contribution in [2.24, 2.45) is 0 Å². The molecule has 1 N–H and O–H groups in total. The van der Waals surface area contributed by atoms with Gasteiger partial charge in [-0.15, -0.1) is 10.2 Å². The minimum Gasteiger partial charge on any atom is -0.357 e. The Labute approximate surface area is 119 Å². The number of anilines is 1. The fourth-order valence-corrected chi connectivity index (χ4v) is 2.53. The number of aromatic nitrogens is 3. The highest BCUT2D eigenvalue weighted by atomic mass is 15.3. The molecular weight excluding hydrogens is 250 g/mol. The maximum absolute atomic E-state index is 4.32. The summed E-state index contributed by atoms with van der Waals surface area (Å²) in [6.45, 7) is 2.10. The van der Waals surface area contributed by atoms with Crippen molar-refractivity contribution in [3.8, 4) is 11.3 Å². The van der Waals surface area contributed by atoms with Gasteiger partial charge in [0.15, 0.2) is 5.82 Å². The lowest BCUT2D eigenvalue weighted by atomic mass is 10.2. The van der Waals surface area contributed by atoms with Gasteiger partial charge in [0, 0.05) is 37.6 Å². The summed E-state index contributed by atoms with van der Waals surface area (Å²) in [6, 6.07) is 8.48. The first-order valence-corrected chi connectivity index (χ1v) is 7.01. The van der Waals surface area contributed by atoms with E-state index in [0.717, 1.165) is 30.2 Å². The van der Waals surface area contributed by atoms with Gasteiger partial charge in [0.05, 0.1) is 5.69 Å². The number of pyridine rings is 1. The molecule has 3 rings (SSSR count). The predicted octanol–water partition coefficient (Wildman–Crippen LogP) is 1.73. The molecule has 3 heterocycles. The number of hydrogen-bond acceptors (Lipinski definition) is 5. The van der Waals surface area contributed by atoms with Crippen molar-refractivity contribution in [1.29, 1.82) is 0 Å². The van der Waals surface area contributed by atoms with E-state index in [9.17, 15) is 0 Å². The zero-order chi connectivity index (χ0) is 13.8. The maximum atomic E-state index is 4.32. The maximum Gasteiger partial charge on any atom is 0.151 e. The van der Waals surface area contributed by atoms with E-state index in [1.54, 1.807) is 12.4 Å². The highest BCUT2D eigenvalue weighted by Gasteiger charge is 2.16. The summed E-state index contributed by atoms with van der Waals surface area (Å²) in [5.41, 5.74) is 1.85. The van der Waals surface area contributed by atoms with E-state index in [1.807, 2.05) is 24.3 Å². The Kier molecular flexibility index (Phi) is 3.87. The molecule has 0 aliphatic carbocycles. The molecule has 1 saturated heterocycles. The number of likely N-dealkylation sites (N-methyl/N-ethyl adjacent to an activating group) is 1. The molecule has 2 aromatic rings. The fourth-order valence-electron chi connectivity index (χ4n) is 2.53. The highest BCUT2D eigenvalue weighted by molar-refractivity contribution is 5.58. The molecule has 5 nitrogen and oxygen atoms in total. The van der Waals surface area contributed by atoms with Crippen LogP contribution in [0.2, 0.25) is 0 Å². The van der Waals surface area contributed by atoms with Crippen molar-refractivity contribution >= 4 is 5.82 Å². The van der Waals surface area contributed by atoms with Crippen molar-refractivity contribution in [2.45, 2.75) is 18.9 Å². The van der Waals surface area contributed by atoms with Crippen LogP contribution in [0.25, 0.3) is 11.3 Å². The molecule has 0 amide bonds. The summed E-state index contributed by atoms with van der Waals surface area (Å²) in [5, 5.41) is 12.1. The third kappa shape index (κ3) is 2.93. The van der Waals surface area contributed by atoms with E-state index < -0.39 is 0 Å². The van der Waals surface area contributed by atoms with Gasteiger partial charge in [-0.3, -0.25) is 4.98 Å². The number of nitrogens with one attached hydrogen (secondary N) is 1. The van der Waals surface area contributed by atoms with Gasteiger partial charge in [0.2, 0.25) is 0 Å². The highest BCUT2D eigenvalue weighted by Crippen LogP contribution is 2.17. The molecule has 1 aliphatic heterocycles. The van der Waals surface area contributed by atoms with Gasteiger partial charge in [-0.25, -0.2) is 0 Å². The van der Waals surface area contributed by atoms with E-state index in [2.05, 4.69) is 32.4 Å². The molecule has 1 aliphatic rings. The molecule has 0 aromatic carbocycles. The average molecular weight is 269 g/mol. The van der Waals surface area contributed by atoms with E-state index in [1.165, 1.54) is 12.8 Å². The Morgan fingerprint density at radius 1 is 1.30 bits per heavy atom. The van der Waals surface area contributed by atoms with Gasteiger partial charge in [-0.2, -0.15) is 0 Å². The van der Waals surface area contributed by atoms with Crippen LogP contribution in [-0.4, -0.2) is 41.4 Å². The van der Waals surface area contributed by atoms with Crippen LogP contribution in [-0.2, 0) is 0 Å². The van der Waals surface area contributed by atoms with Crippen molar-refractivity contribution in [2.75, 3.05) is 25.0 Å². The Hall–Kier alpha value is -2.01. The minimum atomic E-state index is 0.569. The summed E-state index contributed by atoms with van der Waals surface area (Å²) >= 11 is 0. The second-order valence-corrected chi connectivity index (χ2v) is 5.19. The molecule has 0 spiro atoms. The summed E-state index contributed by atoms with van der Waals surface area (Å²) < 4.78 is 0. The third-order valence-corrected chi connectivity index (χ3v) is 3.66. The topological polar surface area (TPSA) is 53.9 Å². The van der Waals surface area contributed by atoms with Gasteiger partial charge in [-0.1, -0.05) is 0 Å². The standard InChI is InChI=1S/C15H19N5/c1-20(11-13-5-3-9-17-13)15-7-6-14(18-19-15)12-4-2-8-16-10-12/h2,4,6-8,10,13,17H,3,5,9,11H2,1H3. The Morgan fingerprint density at radius 2 is 2.25 bits per heavy atom. The van der Waals surface area contributed by atoms with Crippen LogP contribution < -0.4 is 10.2 Å². The van der Waals surface area contributed by atoms with E-state index in [-0.39, 0.29) is 0 Å². The molecule has 2 aromatic heterocycles. The molecule has 1 fully saturated rings. The fraction of sp³-hybridized carbons (Fsp3) is 0.400. The molecule has 104 valence electrons. The molecule has 1 atom stereocenters. The Bertz CT molecular complexity index is 534. The number of rotatable bonds is 4. The second kappa shape index (κ2) is 5.96. The SMILES string of the molecule is CN(CC1CCCN1)c1ccc(-c2cccnc2)nn1. The first kappa shape index (κ1) is 13.0. The summed E-state index contributed by atoms with van der Waals surface area (Å²) in [7, 11) is 2.06. The van der Waals surface area contributed by atoms with Gasteiger partial charge >= 0.3 is 0 Å². The smallest absolute Gasteiger partial charge is 0.151 e. The van der Waals surface area contributed by atoms with Crippen molar-refractivity contribution in [1.82, 2.24) is 20.5 Å². The molecular formula is C15H19N5. The Morgan fingerprint density at radius 3 is 2.90 bits per heavy atom. The molecule has 1 unspecified atom stereocenters. The first-order chi connectivity index (χ1) is 9.83. The van der Waals surface area contributed by atoms with Crippen molar-refractivity contribution < 1.29 is 0 Å². The normalized spacial score (nSPS) is 18.1. The summed E-state index contributed by atoms with van der Waals surface area (Å²) in [4.78, 5) is 6.26. The molecule has 5 heteroatoms. The Balaban J connectivity index is 1.69. The van der Waals surface area contributed by atoms with Crippen LogP contribution in [0.15, 0.2) is 36.7 Å². The summed E-state index contributed by atoms with van der Waals surface area (Å²) in [6.07, 6.45) is 6.07. The molecule has 0 bridgehead atoms. The lowest BCUT2D eigenvalue weighted by Crippen LogP contribution is -2.35. The van der Waals surface area contributed by atoms with Crippen LogP contribution in [0, 0.1) is 0 Å². The van der Waals surface area contributed by atoms with E-state index >= 15 is 0 Å². The molecule has 0 saturated carbocycles. The van der Waals surface area contributed by atoms with Crippen molar-refractivity contribution in [3.05, 3.63) is 36.7 Å². The summed E-state index contributed by atoms with van der Waals surface area (Å²) in [5.74, 6) is 0.909. The van der Waals surface area contributed by atoms with Crippen LogP contribution in [0.3, 0.4) is 0 Å². The van der Waals surface area contributed by atoms with Crippen molar-refractivity contribution in [3.63, 3.8) is 0 Å². The van der Waals surface area contributed by atoms with Crippen LogP contribution in [0.5, 0.6) is 0 Å². The van der Waals surface area contributed by atoms with Gasteiger partial charge in [-0.05, 0) is 43.7 Å². The number of nitrogens with zero attached hydrogens (tertiary/aromatic N) is 4. The molecule has 20 heavy (non-hydrogen) atoms. The van der Waals surface area contributed by atoms with Crippen LogP contribution in [0.1, 0.15) is 12.8 Å².